The first-order chi connectivity index (χ1) is 51.2. The van der Waals surface area contributed by atoms with E-state index >= 15 is 0 Å². The molecule has 0 aliphatic carbocycles. The molecule has 12 heterocycles. The molecular weight excluding hydrogens is 1640 g/mol. The van der Waals surface area contributed by atoms with Crippen molar-refractivity contribution < 1.29 is 93.4 Å². The molecule has 0 saturated carbocycles. The average molecular weight is 1720 g/mol. The van der Waals surface area contributed by atoms with Gasteiger partial charge in [-0.25, -0.2) is 24.4 Å². The van der Waals surface area contributed by atoms with E-state index in [1.807, 2.05) is 13.8 Å². The van der Waals surface area contributed by atoms with E-state index in [0.29, 0.717) is 12.0 Å². The molecule has 0 aromatic carbocycles. The lowest BCUT2D eigenvalue weighted by Gasteiger charge is -2.28. The Morgan fingerprint density at radius 2 is 0.862 bits per heavy atom. The number of rotatable bonds is 31. The van der Waals surface area contributed by atoms with Crippen molar-refractivity contribution in [1.29, 1.82) is 0 Å². The summed E-state index contributed by atoms with van der Waals surface area (Å²) in [4.78, 5) is 168. The van der Waals surface area contributed by atoms with E-state index < -0.39 is 186 Å². The molecule has 0 radical (unpaired) electrons. The molecule has 0 amide bonds. The molecule has 0 bridgehead atoms. The molecule has 54 heteroatoms. The number of aryl methyl sites for hydroxylation is 2. The van der Waals surface area contributed by atoms with Crippen LogP contribution in [-0.4, -0.2) is 186 Å². The van der Waals surface area contributed by atoms with E-state index in [9.17, 15) is 53.2 Å². The lowest BCUT2D eigenvalue weighted by Crippen LogP contribution is -2.33. The van der Waals surface area contributed by atoms with Crippen molar-refractivity contribution in [3.63, 3.8) is 0 Å². The molecule has 5 aliphatic rings. The third-order valence-corrected chi connectivity index (χ3v) is 26.0. The summed E-state index contributed by atoms with van der Waals surface area (Å²) in [5.41, 5.74) is 19.3. The van der Waals surface area contributed by atoms with Gasteiger partial charge in [-0.15, -0.1) is 0 Å². The summed E-state index contributed by atoms with van der Waals surface area (Å²) in [5.74, 6) is -0.758. The number of nitrogens with zero attached hydrogens (tertiary/aromatic N) is 11. The normalized spacial score (nSPS) is 28.8. The van der Waals surface area contributed by atoms with Crippen molar-refractivity contribution in [3.05, 3.63) is 111 Å². The van der Waals surface area contributed by atoms with Crippen LogP contribution in [0.4, 0.5) is 23.5 Å². The summed E-state index contributed by atoms with van der Waals surface area (Å²) in [5, 5.41) is 0. The van der Waals surface area contributed by atoms with E-state index in [0.717, 1.165) is 9.13 Å². The first kappa shape index (κ1) is 83.2. The minimum Gasteiger partial charge on any atom is -0.383 e. The molecule has 5 saturated heterocycles. The number of nitrogens with one attached hydrogen (secondary N) is 3. The molecule has 0 spiro atoms. The number of aromatic amines is 3. The number of fused-ring (bicyclic) bond motifs is 2. The van der Waals surface area contributed by atoms with Crippen molar-refractivity contribution in [1.82, 2.24) is 67.7 Å². The van der Waals surface area contributed by atoms with Crippen LogP contribution in [0.1, 0.15) is 102 Å². The van der Waals surface area contributed by atoms with Crippen molar-refractivity contribution in [2.45, 2.75) is 166 Å². The van der Waals surface area contributed by atoms with Crippen LogP contribution >= 0.6 is 33.6 Å². The largest absolute Gasteiger partial charge is 0.383 e. The minimum atomic E-state index is -4.64. The maximum atomic E-state index is 13.4. The number of hydrogen-bond acceptors (Lipinski definition) is 36. The van der Waals surface area contributed by atoms with E-state index in [-0.39, 0.29) is 95.5 Å². The lowest BCUT2D eigenvalue weighted by atomic mass is 9.89. The quantitative estimate of drug-likeness (QED) is 0.0271. The number of aromatic nitrogens is 14. The number of hydrogen-bond donors (Lipinski definition) is 12. The number of H-pyrrole nitrogens is 3. The molecule has 598 valence electrons. The summed E-state index contributed by atoms with van der Waals surface area (Å²) in [7, 11) is 0. The molecule has 109 heavy (non-hydrogen) atoms. The van der Waals surface area contributed by atoms with Gasteiger partial charge in [-0.05, 0) is 111 Å². The molecular formula is C55H77N18O26P5S5. The Morgan fingerprint density at radius 1 is 0.486 bits per heavy atom. The summed E-state index contributed by atoms with van der Waals surface area (Å²) in [6.07, 6.45) is -11.4. The topological polar surface area (TPSA) is 595 Å². The Bertz CT molecular complexity index is 5210. The van der Waals surface area contributed by atoms with Crippen LogP contribution < -0.4 is 56.7 Å². The van der Waals surface area contributed by atoms with Crippen molar-refractivity contribution in [2.75, 3.05) is 56.0 Å². The minimum absolute atomic E-state index is 0.00561. The van der Waals surface area contributed by atoms with Gasteiger partial charge in [-0.2, -0.15) is 19.9 Å². The number of anilines is 4. The van der Waals surface area contributed by atoms with Crippen LogP contribution in [0.15, 0.2) is 66.1 Å². The van der Waals surface area contributed by atoms with Crippen molar-refractivity contribution in [2.24, 2.45) is 11.8 Å². The van der Waals surface area contributed by atoms with Crippen LogP contribution in [0.2, 0.25) is 0 Å². The predicted octanol–water partition coefficient (Wildman–Crippen LogP) is 1.10. The van der Waals surface area contributed by atoms with Gasteiger partial charge >= 0.3 is 50.7 Å². The fourth-order valence-electron chi connectivity index (χ4n) is 12.8. The molecule has 20 atom stereocenters. The first-order valence-electron chi connectivity index (χ1n) is 33.2. The number of ether oxygens (including phenoxy) is 5. The van der Waals surface area contributed by atoms with Crippen LogP contribution in [0.5, 0.6) is 0 Å². The summed E-state index contributed by atoms with van der Waals surface area (Å²) >= 11 is 27.6. The lowest BCUT2D eigenvalue weighted by molar-refractivity contribution is -0.0562. The molecule has 5 aliphatic heterocycles. The van der Waals surface area contributed by atoms with Gasteiger partial charge in [-0.3, -0.25) is 52.2 Å². The van der Waals surface area contributed by atoms with Gasteiger partial charge in [0, 0.05) is 55.4 Å². The van der Waals surface area contributed by atoms with Crippen LogP contribution in [-0.2, 0) is 128 Å². The fourth-order valence-corrected chi connectivity index (χ4v) is 20.3. The highest BCUT2D eigenvalue weighted by molar-refractivity contribution is 8.08. The second kappa shape index (κ2) is 33.3. The summed E-state index contributed by atoms with van der Waals surface area (Å²) in [6, 6.07) is 1.45. The number of nitrogens with two attached hydrogens (primary N) is 4. The van der Waals surface area contributed by atoms with E-state index in [1.165, 1.54) is 57.9 Å². The highest BCUT2D eigenvalue weighted by Crippen LogP contribution is 2.56. The highest BCUT2D eigenvalue weighted by atomic mass is 32.5. The summed E-state index contributed by atoms with van der Waals surface area (Å²) in [6.45, 7) is -14.7. The fraction of sp³-hybridized carbons (Fsp3) is 0.600. The van der Waals surface area contributed by atoms with Gasteiger partial charge in [0.1, 0.15) is 67.2 Å². The van der Waals surface area contributed by atoms with Gasteiger partial charge < -0.3 is 116 Å². The number of imidazole rings is 2. The maximum absolute atomic E-state index is 13.4. The Kier molecular flexibility index (Phi) is 25.4. The van der Waals surface area contributed by atoms with Crippen molar-refractivity contribution in [3.8, 4) is 0 Å². The molecule has 7 aromatic rings. The van der Waals surface area contributed by atoms with Crippen molar-refractivity contribution >= 4 is 138 Å². The third kappa shape index (κ3) is 19.9. The SMILES string of the molecule is Cc1cn([C@H]2C[C@@H](OP(O)(=S)OC[C@H]3O[C@@H](n4ccc(N)nc4=O)C[C@H]3C(C)C)[C@@H](COP(O)(=S)O[C@@H]3C[C@H](n4cnc5c(=O)[nH]c(N)nc54)O[C@@H]3COP(O)(=S)O[C@@H]3C[C@H](n4cc(C)c(=O)[nH]c4=O)O[C@@H]3COP(O)(=S)O[C@@H]3C[C@H](n4cnc5c(=O)[nH]c(N)nc54)O[C@@H]3COP(O)(=S)OC(C)C)O2)c(=O)nc1N. The standard InChI is InChI=1S/C55H77N18O26P5S5/c1-23(2)27-9-38(69-8-7-37(56)62-53(69)77)90-32(27)16-85-101(81,106)96-28-10-39(70-14-25(5)45(57)63-54(70)78)91-33(28)18-87-104(84,109)99-31-13-42(73-22-61-44-47(73)65-52(59)67-50(44)76)94-36(31)20-89-102(82,107)97-29-11-40(71-15-26(6)48(74)68-55(71)79)92-34(29)19-88-103(83,108)98-30-12-41(93-35(30)17-86-100(80,105)95-24(3)4)72-21-60-43-46(72)64-51(58)66-49(43)75/h7-8,14-15,21-24,27-36,38-42H,9-13,16-20H2,1-6H3,(H,80,105)(H,81,106)(H,82,107)(H,83,108)(H,84,109)(H2,56,62,77)(H2,57,63,78)(H,68,74,79)(H3,58,64,66,75)(H3,59,65,67,76)/t27-,28+,29+,30+,31+,32+,33+,34+,35+,36+,38+,39+,40+,41+,42+,100?,101?,102?,103?,104?/m0/s1. The second-order valence-corrected chi connectivity index (χ2v) is 40.3. The van der Waals surface area contributed by atoms with Gasteiger partial charge in [0.25, 0.3) is 16.7 Å². The smallest absolute Gasteiger partial charge is 0.351 e. The summed E-state index contributed by atoms with van der Waals surface area (Å²) < 4.78 is 97.2. The molecule has 5 unspecified atom stereocenters. The zero-order valence-electron chi connectivity index (χ0n) is 58.2. The first-order valence-corrected chi connectivity index (χ1v) is 46.1. The second-order valence-electron chi connectivity index (χ2n) is 26.4. The van der Waals surface area contributed by atoms with Crippen LogP contribution in [0.3, 0.4) is 0 Å². The molecule has 16 N–H and O–H groups in total. The average Bonchev–Trinajstić information content (AvgIpc) is 1.63. The number of nitrogen functional groups attached to an aromatic ring is 4. The van der Waals surface area contributed by atoms with Gasteiger partial charge in [0.2, 0.25) is 11.9 Å². The molecule has 12 rings (SSSR count). The van der Waals surface area contributed by atoms with Crippen LogP contribution in [0.25, 0.3) is 22.3 Å². The van der Waals surface area contributed by atoms with Gasteiger partial charge in [0.15, 0.2) is 22.3 Å². The molecule has 7 aromatic heterocycles. The van der Waals surface area contributed by atoms with E-state index in [1.54, 1.807) is 20.8 Å². The Balaban J connectivity index is 0.757. The van der Waals surface area contributed by atoms with Crippen LogP contribution in [0, 0.1) is 25.7 Å². The highest BCUT2D eigenvalue weighted by Gasteiger charge is 2.49. The monoisotopic (exact) mass is 1720 g/mol. The predicted molar refractivity (Wildman–Crippen MR) is 401 cm³/mol. The Labute approximate surface area is 640 Å². The Morgan fingerprint density at radius 3 is 1.28 bits per heavy atom. The van der Waals surface area contributed by atoms with E-state index in [4.69, 9.17) is 151 Å². The zero-order chi connectivity index (χ0) is 78.7. The van der Waals surface area contributed by atoms with E-state index in [2.05, 4.69) is 44.9 Å². The molecule has 44 nitrogen and oxygen atoms in total. The Hall–Kier alpha value is -5.21. The zero-order valence-corrected chi connectivity index (χ0v) is 66.7. The maximum Gasteiger partial charge on any atom is 0.351 e. The van der Waals surface area contributed by atoms with Gasteiger partial charge in [0.05, 0.1) is 82.3 Å². The molecule has 5 fully saturated rings. The third-order valence-electron chi connectivity index (χ3n) is 17.9. The van der Waals surface area contributed by atoms with Gasteiger partial charge in [-0.1, -0.05) is 13.8 Å².